The van der Waals surface area contributed by atoms with Crippen LogP contribution < -0.4 is 5.32 Å². The van der Waals surface area contributed by atoms with Gasteiger partial charge in [0.25, 0.3) is 0 Å². The number of rotatable bonds is 4. The molecule has 2 unspecified atom stereocenters. The maximum Gasteiger partial charge on any atom is 0.164 e. The molecule has 0 aromatic heterocycles. The first-order chi connectivity index (χ1) is 9.50. The molecule has 2 nitrogen and oxygen atoms in total. The molecule has 2 N–H and O–H groups in total. The Morgan fingerprint density at radius 2 is 1.60 bits per heavy atom. The number of halogens is 2. The summed E-state index contributed by atoms with van der Waals surface area (Å²) in [5.41, 5.74) is 1.68. The van der Waals surface area contributed by atoms with Crippen LogP contribution in [0, 0.1) is 11.6 Å². The van der Waals surface area contributed by atoms with Crippen molar-refractivity contribution in [1.29, 1.82) is 0 Å². The second-order valence-corrected chi connectivity index (χ2v) is 4.77. The molecule has 0 fully saturated rings. The van der Waals surface area contributed by atoms with Crippen LogP contribution in [0.4, 0.5) is 14.5 Å². The molecule has 0 saturated heterocycles. The molecule has 0 bridgehead atoms. The molecule has 0 heterocycles. The van der Waals surface area contributed by atoms with E-state index in [4.69, 9.17) is 0 Å². The smallest absolute Gasteiger partial charge is 0.164 e. The van der Waals surface area contributed by atoms with E-state index in [2.05, 4.69) is 5.32 Å². The van der Waals surface area contributed by atoms with E-state index in [0.717, 1.165) is 11.6 Å². The maximum absolute atomic E-state index is 13.7. The number of nitrogens with one attached hydrogen (secondary N) is 1. The minimum Gasteiger partial charge on any atom is -0.389 e. The van der Waals surface area contributed by atoms with E-state index >= 15 is 0 Å². The lowest BCUT2D eigenvalue weighted by atomic mass is 10.0. The Balaban J connectivity index is 2.28. The molecule has 2 aromatic carbocycles. The van der Waals surface area contributed by atoms with Gasteiger partial charge in [-0.05, 0) is 26.0 Å². The second kappa shape index (κ2) is 6.01. The van der Waals surface area contributed by atoms with Gasteiger partial charge >= 0.3 is 0 Å². The highest BCUT2D eigenvalue weighted by Gasteiger charge is 2.16. The van der Waals surface area contributed by atoms with E-state index in [0.29, 0.717) is 5.69 Å². The summed E-state index contributed by atoms with van der Waals surface area (Å²) < 4.78 is 27.0. The van der Waals surface area contributed by atoms with Crippen LogP contribution in [-0.4, -0.2) is 5.11 Å². The first kappa shape index (κ1) is 14.5. The first-order valence-corrected chi connectivity index (χ1v) is 6.48. The molecule has 0 aliphatic heterocycles. The lowest BCUT2D eigenvalue weighted by Gasteiger charge is -2.20. The van der Waals surface area contributed by atoms with Gasteiger partial charge in [0, 0.05) is 16.8 Å². The number of para-hydroxylation sites is 1. The number of benzene rings is 2. The fraction of sp³-hybridized carbons (Fsp3) is 0.250. The van der Waals surface area contributed by atoms with Gasteiger partial charge in [0.05, 0.1) is 12.1 Å². The maximum atomic E-state index is 13.7. The molecule has 0 radical (unpaired) electrons. The predicted octanol–water partition coefficient (Wildman–Crippen LogP) is 4.19. The zero-order chi connectivity index (χ0) is 14.7. The molecule has 0 spiro atoms. The summed E-state index contributed by atoms with van der Waals surface area (Å²) in [7, 11) is 0. The van der Waals surface area contributed by atoms with Gasteiger partial charge in [0.15, 0.2) is 11.6 Å². The van der Waals surface area contributed by atoms with Gasteiger partial charge in [-0.1, -0.05) is 30.3 Å². The number of anilines is 1. The van der Waals surface area contributed by atoms with Crippen LogP contribution in [-0.2, 0) is 0 Å². The van der Waals surface area contributed by atoms with Gasteiger partial charge in [0.1, 0.15) is 0 Å². The zero-order valence-electron chi connectivity index (χ0n) is 11.4. The van der Waals surface area contributed by atoms with E-state index < -0.39 is 23.8 Å². The summed E-state index contributed by atoms with van der Waals surface area (Å²) in [5, 5.41) is 12.8. The van der Waals surface area contributed by atoms with Gasteiger partial charge in [-0.3, -0.25) is 0 Å². The van der Waals surface area contributed by atoms with Gasteiger partial charge in [0.2, 0.25) is 0 Å². The molecule has 2 aromatic rings. The molecule has 0 aliphatic carbocycles. The van der Waals surface area contributed by atoms with Crippen LogP contribution in [0.3, 0.4) is 0 Å². The molecular weight excluding hydrogens is 260 g/mol. The third kappa shape index (κ3) is 2.96. The number of hydrogen-bond donors (Lipinski definition) is 2. The highest BCUT2D eigenvalue weighted by Crippen LogP contribution is 2.28. The van der Waals surface area contributed by atoms with E-state index in [1.54, 1.807) is 32.0 Å². The summed E-state index contributed by atoms with van der Waals surface area (Å²) in [6.07, 6.45) is -0.636. The summed E-state index contributed by atoms with van der Waals surface area (Å²) in [6, 6.07) is 10.9. The van der Waals surface area contributed by atoms with Gasteiger partial charge in [-0.15, -0.1) is 0 Å². The quantitative estimate of drug-likeness (QED) is 0.878. The average Bonchev–Trinajstić information content (AvgIpc) is 2.42. The van der Waals surface area contributed by atoms with Crippen molar-refractivity contribution in [2.75, 3.05) is 5.32 Å². The van der Waals surface area contributed by atoms with Crippen LogP contribution in [0.2, 0.25) is 0 Å². The molecule has 106 valence electrons. The largest absolute Gasteiger partial charge is 0.389 e. The zero-order valence-corrected chi connectivity index (χ0v) is 11.4. The second-order valence-electron chi connectivity index (χ2n) is 4.77. The van der Waals surface area contributed by atoms with Gasteiger partial charge in [-0.2, -0.15) is 0 Å². The van der Waals surface area contributed by atoms with Gasteiger partial charge < -0.3 is 10.4 Å². The lowest BCUT2D eigenvalue weighted by Crippen LogP contribution is -2.11. The monoisotopic (exact) mass is 277 g/mol. The van der Waals surface area contributed by atoms with Crippen molar-refractivity contribution in [2.24, 2.45) is 0 Å². The fourth-order valence-electron chi connectivity index (χ4n) is 2.16. The number of aliphatic hydroxyl groups is 1. The van der Waals surface area contributed by atoms with Crippen LogP contribution in [0.15, 0.2) is 42.5 Å². The average molecular weight is 277 g/mol. The van der Waals surface area contributed by atoms with Crippen LogP contribution in [0.25, 0.3) is 0 Å². The van der Waals surface area contributed by atoms with Crippen LogP contribution in [0.5, 0.6) is 0 Å². The van der Waals surface area contributed by atoms with Crippen LogP contribution in [0.1, 0.15) is 37.1 Å². The van der Waals surface area contributed by atoms with Crippen LogP contribution >= 0.6 is 0 Å². The minimum atomic E-state index is -0.861. The predicted molar refractivity (Wildman–Crippen MR) is 75.5 cm³/mol. The Labute approximate surface area is 117 Å². The Morgan fingerprint density at radius 3 is 2.30 bits per heavy atom. The molecule has 2 atom stereocenters. The van der Waals surface area contributed by atoms with Crippen molar-refractivity contribution in [3.63, 3.8) is 0 Å². The van der Waals surface area contributed by atoms with E-state index in [1.807, 2.05) is 12.1 Å². The topological polar surface area (TPSA) is 32.3 Å². The standard InChI is InChI=1S/C16H17F2NO/c1-10(12-7-5-8-14(17)16(12)18)19-15-9-4-3-6-13(15)11(2)20/h3-11,19-20H,1-2H3. The molecule has 0 aliphatic rings. The van der Waals surface area contributed by atoms with Crippen molar-refractivity contribution in [3.05, 3.63) is 65.2 Å². The highest BCUT2D eigenvalue weighted by atomic mass is 19.2. The summed E-state index contributed by atoms with van der Waals surface area (Å²) >= 11 is 0. The lowest BCUT2D eigenvalue weighted by molar-refractivity contribution is 0.200. The summed E-state index contributed by atoms with van der Waals surface area (Å²) in [6.45, 7) is 3.41. The Kier molecular flexibility index (Phi) is 4.35. The first-order valence-electron chi connectivity index (χ1n) is 6.48. The van der Waals surface area contributed by atoms with Gasteiger partial charge in [-0.25, -0.2) is 8.78 Å². The number of hydrogen-bond acceptors (Lipinski definition) is 2. The third-order valence-corrected chi connectivity index (χ3v) is 3.23. The molecular formula is C16H17F2NO. The normalized spacial score (nSPS) is 13.8. The highest BCUT2D eigenvalue weighted by molar-refractivity contribution is 5.53. The van der Waals surface area contributed by atoms with Crippen molar-refractivity contribution in [2.45, 2.75) is 26.0 Å². The Morgan fingerprint density at radius 1 is 0.950 bits per heavy atom. The van der Waals surface area contributed by atoms with Crippen molar-refractivity contribution >= 4 is 5.69 Å². The van der Waals surface area contributed by atoms with E-state index in [9.17, 15) is 13.9 Å². The van der Waals surface area contributed by atoms with E-state index in [-0.39, 0.29) is 5.56 Å². The van der Waals surface area contributed by atoms with E-state index in [1.165, 1.54) is 6.07 Å². The molecule has 2 rings (SSSR count). The Hall–Kier alpha value is -1.94. The van der Waals surface area contributed by atoms with Crippen molar-refractivity contribution < 1.29 is 13.9 Å². The van der Waals surface area contributed by atoms with Crippen molar-refractivity contribution in [3.8, 4) is 0 Å². The fourth-order valence-corrected chi connectivity index (χ4v) is 2.16. The summed E-state index contributed by atoms with van der Waals surface area (Å²) in [5.74, 6) is -1.71. The summed E-state index contributed by atoms with van der Waals surface area (Å²) in [4.78, 5) is 0. The molecule has 20 heavy (non-hydrogen) atoms. The third-order valence-electron chi connectivity index (χ3n) is 3.23. The molecule has 0 amide bonds. The molecule has 4 heteroatoms. The number of aliphatic hydroxyl groups excluding tert-OH is 1. The minimum absolute atomic E-state index is 0.255. The Bertz CT molecular complexity index is 599. The molecule has 0 saturated carbocycles. The van der Waals surface area contributed by atoms with Crippen molar-refractivity contribution in [1.82, 2.24) is 0 Å². The SMILES string of the molecule is CC(O)c1ccccc1NC(C)c1cccc(F)c1F.